The first-order chi connectivity index (χ1) is 12.3. The molecule has 0 amide bonds. The summed E-state index contributed by atoms with van der Waals surface area (Å²) in [6, 6.07) is 11.1. The first kappa shape index (κ1) is 20.0. The Bertz CT molecular complexity index is 908. The molecule has 2 N–H and O–H groups in total. The van der Waals surface area contributed by atoms with Crippen LogP contribution in [0, 0.1) is 6.92 Å². The summed E-state index contributed by atoms with van der Waals surface area (Å²) in [5.74, 6) is -0.0619. The molecule has 2 rings (SSSR count). The number of carbonyl (C=O) groups is 1. The summed E-state index contributed by atoms with van der Waals surface area (Å²) in [7, 11) is -3.73. The third-order valence-electron chi connectivity index (χ3n) is 3.36. The zero-order chi connectivity index (χ0) is 19.2. The van der Waals surface area contributed by atoms with Gasteiger partial charge in [0, 0.05) is 11.1 Å². The molecule has 0 saturated heterocycles. The van der Waals surface area contributed by atoms with Crippen LogP contribution in [0.25, 0.3) is 6.08 Å². The topological polar surface area (TPSA) is 95.7 Å². The number of nitrogens with two attached hydrogens (primary N) is 1. The third-order valence-corrected chi connectivity index (χ3v) is 4.69. The Labute approximate surface area is 157 Å². The van der Waals surface area contributed by atoms with Gasteiger partial charge >= 0.3 is 5.97 Å². The second kappa shape index (κ2) is 8.84. The number of esters is 1. The highest BCUT2D eigenvalue weighted by atomic mass is 35.5. The second-order valence-electron chi connectivity index (χ2n) is 5.37. The SMILES string of the molecule is Cc1ccc(/C=C/C(=O)OCCOc2ccc(S(N)(=O)=O)cc2)cc1Cl. The Hall–Kier alpha value is -2.35. The average molecular weight is 396 g/mol. The number of primary sulfonamides is 1. The second-order valence-corrected chi connectivity index (χ2v) is 7.34. The Morgan fingerprint density at radius 1 is 1.15 bits per heavy atom. The van der Waals surface area contributed by atoms with E-state index in [1.54, 1.807) is 12.1 Å². The Morgan fingerprint density at radius 2 is 1.85 bits per heavy atom. The lowest BCUT2D eigenvalue weighted by Gasteiger charge is -2.07. The van der Waals surface area contributed by atoms with Gasteiger partial charge in [-0.3, -0.25) is 0 Å². The van der Waals surface area contributed by atoms with Gasteiger partial charge in [-0.25, -0.2) is 18.4 Å². The molecule has 0 spiro atoms. The van der Waals surface area contributed by atoms with E-state index in [1.807, 2.05) is 19.1 Å². The van der Waals surface area contributed by atoms with Crippen LogP contribution < -0.4 is 9.88 Å². The van der Waals surface area contributed by atoms with Crippen LogP contribution in [0.4, 0.5) is 0 Å². The molecule has 0 aromatic heterocycles. The fourth-order valence-electron chi connectivity index (χ4n) is 1.95. The number of carbonyl (C=O) groups excluding carboxylic acids is 1. The van der Waals surface area contributed by atoms with Crippen molar-refractivity contribution in [2.75, 3.05) is 13.2 Å². The Balaban J connectivity index is 1.76. The summed E-state index contributed by atoms with van der Waals surface area (Å²) in [6.07, 6.45) is 2.92. The molecule has 26 heavy (non-hydrogen) atoms. The Kier molecular flexibility index (Phi) is 6.79. The van der Waals surface area contributed by atoms with Gasteiger partial charge in [0.25, 0.3) is 0 Å². The fourth-order valence-corrected chi connectivity index (χ4v) is 2.66. The number of sulfonamides is 1. The summed E-state index contributed by atoms with van der Waals surface area (Å²) in [6.45, 7) is 2.08. The molecule has 8 heteroatoms. The van der Waals surface area contributed by atoms with Crippen molar-refractivity contribution in [2.45, 2.75) is 11.8 Å². The van der Waals surface area contributed by atoms with E-state index >= 15 is 0 Å². The summed E-state index contributed by atoms with van der Waals surface area (Å²) >= 11 is 6.02. The van der Waals surface area contributed by atoms with Crippen molar-refractivity contribution in [3.8, 4) is 5.75 Å². The van der Waals surface area contributed by atoms with Gasteiger partial charge in [-0.2, -0.15) is 0 Å². The van der Waals surface area contributed by atoms with Gasteiger partial charge in [0.2, 0.25) is 10.0 Å². The van der Waals surface area contributed by atoms with E-state index in [9.17, 15) is 13.2 Å². The van der Waals surface area contributed by atoms with Crippen LogP contribution in [0.15, 0.2) is 53.4 Å². The van der Waals surface area contributed by atoms with Crippen molar-refractivity contribution in [3.63, 3.8) is 0 Å². The standard InChI is InChI=1S/C18H18ClNO5S/c1-13-2-3-14(12-17(13)19)4-9-18(21)25-11-10-24-15-5-7-16(8-6-15)26(20,22)23/h2-9,12H,10-11H2,1H3,(H2,20,22,23)/b9-4+. The number of ether oxygens (including phenoxy) is 2. The van der Waals surface area contributed by atoms with Crippen molar-refractivity contribution in [3.05, 3.63) is 64.7 Å². The molecule has 0 atom stereocenters. The number of hydrogen-bond donors (Lipinski definition) is 1. The van der Waals surface area contributed by atoms with E-state index < -0.39 is 16.0 Å². The van der Waals surface area contributed by atoms with Gasteiger partial charge in [-0.15, -0.1) is 0 Å². The van der Waals surface area contributed by atoms with Crippen LogP contribution >= 0.6 is 11.6 Å². The smallest absolute Gasteiger partial charge is 0.330 e. The number of rotatable bonds is 7. The van der Waals surface area contributed by atoms with E-state index in [0.29, 0.717) is 10.8 Å². The van der Waals surface area contributed by atoms with Crippen molar-refractivity contribution in [1.82, 2.24) is 0 Å². The molecule has 2 aromatic rings. The van der Waals surface area contributed by atoms with E-state index in [4.69, 9.17) is 26.2 Å². The zero-order valence-corrected chi connectivity index (χ0v) is 15.6. The number of hydrogen-bond acceptors (Lipinski definition) is 5. The molecular weight excluding hydrogens is 378 g/mol. The minimum atomic E-state index is -3.73. The van der Waals surface area contributed by atoms with Gasteiger partial charge in [0.05, 0.1) is 4.90 Å². The summed E-state index contributed by atoms with van der Waals surface area (Å²) in [5, 5.41) is 5.64. The van der Waals surface area contributed by atoms with E-state index in [0.717, 1.165) is 11.1 Å². The van der Waals surface area contributed by atoms with Gasteiger partial charge in [0.15, 0.2) is 0 Å². The normalized spacial score (nSPS) is 11.5. The highest BCUT2D eigenvalue weighted by Crippen LogP contribution is 2.17. The van der Waals surface area contributed by atoms with Crippen molar-refractivity contribution in [1.29, 1.82) is 0 Å². The molecule has 138 valence electrons. The maximum Gasteiger partial charge on any atom is 0.330 e. The molecule has 0 unspecified atom stereocenters. The van der Waals surface area contributed by atoms with Crippen LogP contribution in [0.1, 0.15) is 11.1 Å². The number of benzene rings is 2. The Morgan fingerprint density at radius 3 is 2.46 bits per heavy atom. The van der Waals surface area contributed by atoms with Crippen LogP contribution in [0.5, 0.6) is 5.75 Å². The molecule has 0 fully saturated rings. The lowest BCUT2D eigenvalue weighted by atomic mass is 10.1. The predicted octanol–water partition coefficient (Wildman–Crippen LogP) is 2.93. The summed E-state index contributed by atoms with van der Waals surface area (Å²) in [5.41, 5.74) is 1.75. The highest BCUT2D eigenvalue weighted by Gasteiger charge is 2.07. The first-order valence-corrected chi connectivity index (χ1v) is 9.55. The van der Waals surface area contributed by atoms with Crippen LogP contribution in [0.3, 0.4) is 0 Å². The molecule has 0 bridgehead atoms. The lowest BCUT2D eigenvalue weighted by molar-refractivity contribution is -0.138. The van der Waals surface area contributed by atoms with Gasteiger partial charge < -0.3 is 9.47 Å². The number of halogens is 1. The lowest BCUT2D eigenvalue weighted by Crippen LogP contribution is -2.12. The van der Waals surface area contributed by atoms with Crippen LogP contribution in [0.2, 0.25) is 5.02 Å². The van der Waals surface area contributed by atoms with Crippen molar-refractivity contribution in [2.24, 2.45) is 5.14 Å². The first-order valence-electron chi connectivity index (χ1n) is 7.62. The van der Waals surface area contributed by atoms with Gasteiger partial charge in [-0.05, 0) is 54.5 Å². The molecule has 0 aliphatic heterocycles. The largest absolute Gasteiger partial charge is 0.490 e. The van der Waals surface area contributed by atoms with Gasteiger partial charge in [-0.1, -0.05) is 23.7 Å². The minimum Gasteiger partial charge on any atom is -0.490 e. The maximum atomic E-state index is 11.7. The van der Waals surface area contributed by atoms with Crippen LogP contribution in [-0.4, -0.2) is 27.6 Å². The quantitative estimate of drug-likeness (QED) is 0.441. The predicted molar refractivity (Wildman–Crippen MR) is 99.5 cm³/mol. The third kappa shape index (κ3) is 6.18. The van der Waals surface area contributed by atoms with Gasteiger partial charge in [0.1, 0.15) is 19.0 Å². The zero-order valence-electron chi connectivity index (χ0n) is 14.0. The maximum absolute atomic E-state index is 11.7. The molecule has 0 radical (unpaired) electrons. The molecular formula is C18H18ClNO5S. The van der Waals surface area contributed by atoms with E-state index in [-0.39, 0.29) is 18.1 Å². The monoisotopic (exact) mass is 395 g/mol. The summed E-state index contributed by atoms with van der Waals surface area (Å²) in [4.78, 5) is 11.7. The summed E-state index contributed by atoms with van der Waals surface area (Å²) < 4.78 is 32.7. The molecule has 0 heterocycles. The van der Waals surface area contributed by atoms with Crippen molar-refractivity contribution < 1.29 is 22.7 Å². The molecule has 0 saturated carbocycles. The van der Waals surface area contributed by atoms with E-state index in [1.165, 1.54) is 30.3 Å². The molecule has 6 nitrogen and oxygen atoms in total. The molecule has 0 aliphatic rings. The van der Waals surface area contributed by atoms with E-state index in [2.05, 4.69) is 0 Å². The van der Waals surface area contributed by atoms with Crippen molar-refractivity contribution >= 4 is 33.7 Å². The minimum absolute atomic E-state index is 0.00220. The fraction of sp³-hybridized carbons (Fsp3) is 0.167. The van der Waals surface area contributed by atoms with Crippen LogP contribution in [-0.2, 0) is 19.6 Å². The highest BCUT2D eigenvalue weighted by molar-refractivity contribution is 7.89. The number of aryl methyl sites for hydroxylation is 1. The molecule has 0 aliphatic carbocycles. The molecule has 2 aromatic carbocycles. The average Bonchev–Trinajstić information content (AvgIpc) is 2.59.